The Morgan fingerprint density at radius 3 is 2.44 bits per heavy atom. The van der Waals surface area contributed by atoms with Crippen molar-refractivity contribution in [2.75, 3.05) is 25.4 Å². The van der Waals surface area contributed by atoms with Gasteiger partial charge in [0.2, 0.25) is 5.91 Å². The van der Waals surface area contributed by atoms with Gasteiger partial charge in [0.1, 0.15) is 6.61 Å². The molecule has 12 nitrogen and oxygen atoms in total. The lowest BCUT2D eigenvalue weighted by Gasteiger charge is -2.28. The largest absolute Gasteiger partial charge is 0.478 e. The number of allylic oxidation sites excluding steroid dienone is 1. The van der Waals surface area contributed by atoms with Gasteiger partial charge in [0.05, 0.1) is 6.42 Å². The van der Waals surface area contributed by atoms with E-state index in [1.54, 1.807) is 13.8 Å². The van der Waals surface area contributed by atoms with Crippen LogP contribution in [-0.4, -0.2) is 77.3 Å². The van der Waals surface area contributed by atoms with Crippen LogP contribution in [0.1, 0.15) is 26.7 Å². The Morgan fingerprint density at radius 2 is 1.78 bits per heavy atom. The van der Waals surface area contributed by atoms with Gasteiger partial charge in [-0.15, -0.1) is 0 Å². The van der Waals surface area contributed by atoms with Crippen LogP contribution in [0.2, 0.25) is 0 Å². The number of esters is 2. The molecule has 32 heavy (non-hydrogen) atoms. The first kappa shape index (κ1) is 26.8. The molecule has 2 amide bonds. The highest BCUT2D eigenvalue weighted by Gasteiger charge is 2.44. The zero-order valence-electron chi connectivity index (χ0n) is 17.5. The average Bonchev–Trinajstić information content (AvgIpc) is 2.80. The minimum absolute atomic E-state index is 0.0555. The lowest BCUT2D eigenvalue weighted by Crippen LogP contribution is -2.47. The molecule has 0 spiro atoms. The monoisotopic (exact) mass is 472 g/mol. The topological polar surface area (TPSA) is 182 Å². The molecule has 1 atom stereocenters. The fourth-order valence-corrected chi connectivity index (χ4v) is 3.04. The van der Waals surface area contributed by atoms with Crippen LogP contribution >= 0.6 is 11.8 Å². The maximum absolute atomic E-state index is 12.3. The molecule has 1 fully saturated rings. The number of aliphatic carboxylic acids is 1. The molecule has 1 saturated heterocycles. The Hall–Kier alpha value is -3.22. The molecular weight excluding hydrogens is 448 g/mol. The van der Waals surface area contributed by atoms with E-state index in [4.69, 9.17) is 14.6 Å². The van der Waals surface area contributed by atoms with E-state index >= 15 is 0 Å². The summed E-state index contributed by atoms with van der Waals surface area (Å²) in [5, 5.41) is 12.9. The number of ether oxygens (including phenoxy) is 2. The fourth-order valence-electron chi connectivity index (χ4n) is 2.36. The van der Waals surface area contributed by atoms with Crippen LogP contribution in [0.25, 0.3) is 0 Å². The Balaban J connectivity index is 2.28. The number of carbonyl (C=O) groups is 7. The second kappa shape index (κ2) is 12.6. The smallest absolute Gasteiger partial charge is 0.418 e. The predicted molar refractivity (Wildman–Crippen MR) is 109 cm³/mol. The molecule has 0 unspecified atom stereocenters. The van der Waals surface area contributed by atoms with Crippen LogP contribution in [0.4, 0.5) is 0 Å². The van der Waals surface area contributed by atoms with Crippen LogP contribution in [0.3, 0.4) is 0 Å². The van der Waals surface area contributed by atoms with Crippen molar-refractivity contribution < 1.29 is 48.1 Å². The molecule has 1 aliphatic heterocycles. The van der Waals surface area contributed by atoms with E-state index < -0.39 is 58.6 Å². The normalized spacial score (nSPS) is 17.6. The molecule has 0 bridgehead atoms. The van der Waals surface area contributed by atoms with Crippen LogP contribution in [0.5, 0.6) is 0 Å². The Bertz CT molecular complexity index is 821. The van der Waals surface area contributed by atoms with Crippen molar-refractivity contribution in [3.63, 3.8) is 0 Å². The van der Waals surface area contributed by atoms with Crippen LogP contribution in [-0.2, 0) is 43.0 Å². The number of carboxylic acid groups (broad SMARTS) is 1. The molecule has 0 aromatic carbocycles. The van der Waals surface area contributed by atoms with Crippen LogP contribution in [0, 0.1) is 5.41 Å². The molecule has 13 heteroatoms. The van der Waals surface area contributed by atoms with Gasteiger partial charge in [0, 0.05) is 36.8 Å². The van der Waals surface area contributed by atoms with Crippen molar-refractivity contribution in [2.45, 2.75) is 32.8 Å². The van der Waals surface area contributed by atoms with Crippen molar-refractivity contribution in [1.29, 1.82) is 0 Å². The number of carbonyl (C=O) groups excluding carboxylic acids is 6. The lowest BCUT2D eigenvalue weighted by molar-refractivity contribution is -0.168. The first-order valence-electron chi connectivity index (χ1n) is 9.44. The molecule has 3 N–H and O–H groups in total. The van der Waals surface area contributed by atoms with E-state index in [1.807, 2.05) is 0 Å². The van der Waals surface area contributed by atoms with E-state index in [0.717, 1.165) is 17.8 Å². The SMILES string of the molecule is CC1(C)COC(=O)C(=O)O[C@H]1C(=O)NCCC(=O)NCCSC(=O)CC(=O)/C=C/C(=O)O. The van der Waals surface area contributed by atoms with E-state index in [0.29, 0.717) is 6.08 Å². The van der Waals surface area contributed by atoms with Crippen molar-refractivity contribution in [2.24, 2.45) is 5.41 Å². The average molecular weight is 472 g/mol. The Morgan fingerprint density at radius 1 is 1.09 bits per heavy atom. The van der Waals surface area contributed by atoms with E-state index in [2.05, 4.69) is 10.6 Å². The number of amides is 2. The summed E-state index contributed by atoms with van der Waals surface area (Å²) in [4.78, 5) is 80.2. The summed E-state index contributed by atoms with van der Waals surface area (Å²) in [5.41, 5.74) is -0.956. The number of ketones is 1. The molecule has 1 rings (SSSR count). The molecule has 176 valence electrons. The number of hydrogen-bond acceptors (Lipinski definition) is 10. The third-order valence-electron chi connectivity index (χ3n) is 3.98. The fraction of sp³-hybridized carbons (Fsp3) is 0.526. The van der Waals surface area contributed by atoms with Gasteiger partial charge in [-0.1, -0.05) is 25.6 Å². The van der Waals surface area contributed by atoms with Gasteiger partial charge in [-0.2, -0.15) is 0 Å². The van der Waals surface area contributed by atoms with Gasteiger partial charge in [0.15, 0.2) is 17.0 Å². The van der Waals surface area contributed by atoms with Gasteiger partial charge in [-0.05, 0) is 6.08 Å². The minimum Gasteiger partial charge on any atom is -0.478 e. The maximum atomic E-state index is 12.3. The van der Waals surface area contributed by atoms with Gasteiger partial charge in [0.25, 0.3) is 5.91 Å². The summed E-state index contributed by atoms with van der Waals surface area (Å²) in [7, 11) is 0. The number of cyclic esters (lactones) is 2. The highest BCUT2D eigenvalue weighted by Crippen LogP contribution is 2.27. The van der Waals surface area contributed by atoms with Crippen LogP contribution < -0.4 is 10.6 Å². The summed E-state index contributed by atoms with van der Waals surface area (Å²) in [6.45, 7) is 3.07. The molecule has 0 saturated carbocycles. The molecule has 1 heterocycles. The maximum Gasteiger partial charge on any atom is 0.418 e. The second-order valence-electron chi connectivity index (χ2n) is 7.28. The zero-order chi connectivity index (χ0) is 24.3. The summed E-state index contributed by atoms with van der Waals surface area (Å²) in [6, 6.07) is 0. The Labute approximate surface area is 187 Å². The summed E-state index contributed by atoms with van der Waals surface area (Å²) < 4.78 is 9.64. The predicted octanol–water partition coefficient (Wildman–Crippen LogP) is -1.04. The van der Waals surface area contributed by atoms with E-state index in [9.17, 15) is 33.6 Å². The van der Waals surface area contributed by atoms with Crippen molar-refractivity contribution in [1.82, 2.24) is 10.6 Å². The minimum atomic E-state index is -1.29. The third kappa shape index (κ3) is 9.73. The van der Waals surface area contributed by atoms with Gasteiger partial charge < -0.3 is 25.2 Å². The molecule has 0 aromatic heterocycles. The first-order chi connectivity index (χ1) is 14.9. The number of hydrogen-bond donors (Lipinski definition) is 3. The van der Waals surface area contributed by atoms with Crippen LogP contribution in [0.15, 0.2) is 12.2 Å². The highest BCUT2D eigenvalue weighted by atomic mass is 32.2. The third-order valence-corrected chi connectivity index (χ3v) is 4.86. The molecule has 1 aliphatic rings. The van der Waals surface area contributed by atoms with Crippen molar-refractivity contribution in [3.8, 4) is 0 Å². The summed E-state index contributed by atoms with van der Waals surface area (Å²) in [5.74, 6) is -5.24. The number of thioether (sulfide) groups is 1. The first-order valence-corrected chi connectivity index (χ1v) is 10.4. The molecule has 0 aliphatic carbocycles. The van der Waals surface area contributed by atoms with Gasteiger partial charge in [-0.25, -0.2) is 14.4 Å². The zero-order valence-corrected chi connectivity index (χ0v) is 18.3. The molecule has 0 radical (unpaired) electrons. The summed E-state index contributed by atoms with van der Waals surface area (Å²) in [6.07, 6.45) is -0.348. The number of carboxylic acids is 1. The van der Waals surface area contributed by atoms with E-state index in [1.165, 1.54) is 0 Å². The highest BCUT2D eigenvalue weighted by molar-refractivity contribution is 8.13. The Kier molecular flexibility index (Phi) is 10.5. The standard InChI is InChI=1S/C19H24N2O10S/c1-19(2)10-30-17(28)18(29)31-15(19)16(27)21-6-5-12(23)20-7-8-32-14(26)9-11(22)3-4-13(24)25/h3-4,15H,5-10H2,1-2H3,(H,20,23)(H,21,27)(H,24,25)/b4-3+/t15-/m0/s1. The number of nitrogens with one attached hydrogen (secondary N) is 2. The summed E-state index contributed by atoms with van der Waals surface area (Å²) >= 11 is 0.817. The van der Waals surface area contributed by atoms with Crippen molar-refractivity contribution in [3.05, 3.63) is 12.2 Å². The quantitative estimate of drug-likeness (QED) is 0.110. The number of rotatable bonds is 11. The van der Waals surface area contributed by atoms with Gasteiger partial charge >= 0.3 is 17.9 Å². The second-order valence-corrected chi connectivity index (χ2v) is 8.43. The van der Waals surface area contributed by atoms with E-state index in [-0.39, 0.29) is 31.9 Å². The lowest BCUT2D eigenvalue weighted by atomic mass is 9.87. The van der Waals surface area contributed by atoms with Gasteiger partial charge in [-0.3, -0.25) is 19.2 Å². The molecule has 0 aromatic rings. The van der Waals surface area contributed by atoms with Crippen molar-refractivity contribution >= 4 is 52.4 Å². The molecular formula is C19H24N2O10S.